The fourth-order valence-corrected chi connectivity index (χ4v) is 6.29. The quantitative estimate of drug-likeness (QED) is 0.180. The number of fused-ring (bicyclic) bond motifs is 2. The second-order valence-electron chi connectivity index (χ2n) is 10.3. The number of methoxy groups -OCH3 is 1. The van der Waals surface area contributed by atoms with E-state index in [1.807, 2.05) is 30.3 Å². The van der Waals surface area contributed by atoms with Crippen molar-refractivity contribution in [2.45, 2.75) is 19.1 Å². The van der Waals surface area contributed by atoms with Crippen molar-refractivity contribution < 1.29 is 19.0 Å². The van der Waals surface area contributed by atoms with Crippen LogP contribution in [0.1, 0.15) is 45.5 Å². The Hall–Kier alpha value is -4.92. The van der Waals surface area contributed by atoms with Crippen molar-refractivity contribution in [2.75, 3.05) is 7.11 Å². The maximum absolute atomic E-state index is 12.5. The smallest absolute Gasteiger partial charge is 0.271 e. The molecule has 0 saturated carbocycles. The van der Waals surface area contributed by atoms with Crippen molar-refractivity contribution in [3.8, 4) is 28.1 Å². The van der Waals surface area contributed by atoms with E-state index >= 15 is 0 Å². The van der Waals surface area contributed by atoms with Crippen LogP contribution in [0.15, 0.2) is 84.3 Å². The molecular weight excluding hydrogens is 601 g/mol. The van der Waals surface area contributed by atoms with Gasteiger partial charge in [-0.1, -0.05) is 59.6 Å². The molecule has 0 bridgehead atoms. The molecule has 4 heterocycles. The molecule has 44 heavy (non-hydrogen) atoms. The summed E-state index contributed by atoms with van der Waals surface area (Å²) in [4.78, 5) is 32.6. The summed E-state index contributed by atoms with van der Waals surface area (Å²) in [6.07, 6.45) is 9.30. The summed E-state index contributed by atoms with van der Waals surface area (Å²) in [6, 6.07) is 17.4. The number of rotatable bonds is 6. The standard InChI is InChI=1S/C34H23Cl2N3O5/c1-42-32-27(34-43-12-13-44-34)16-28(35)29(38-32)14-19-8-9-25-22(19)4-2-6-24(25)26-7-3-5-23(31(26)36)20-10-11-39-30(15-20)37-17-21(18-40)33(39)41/h2-7,10-18,34H,8-9H2,1H3/b19-14+. The largest absolute Gasteiger partial charge is 0.481 e. The van der Waals surface area contributed by atoms with Crippen LogP contribution in [-0.2, 0) is 15.9 Å². The van der Waals surface area contributed by atoms with Gasteiger partial charge in [0.05, 0.1) is 34.0 Å². The second-order valence-corrected chi connectivity index (χ2v) is 11.1. The van der Waals surface area contributed by atoms with Crippen LogP contribution in [-0.4, -0.2) is 27.8 Å². The molecule has 218 valence electrons. The molecule has 5 aromatic rings. The Labute approximate surface area is 261 Å². The fourth-order valence-electron chi connectivity index (χ4n) is 5.74. The van der Waals surface area contributed by atoms with Crippen LogP contribution in [0.4, 0.5) is 0 Å². The molecule has 0 saturated heterocycles. The van der Waals surface area contributed by atoms with E-state index in [4.69, 9.17) is 37.4 Å². The molecule has 0 unspecified atom stereocenters. The summed E-state index contributed by atoms with van der Waals surface area (Å²) in [7, 11) is 1.55. The summed E-state index contributed by atoms with van der Waals surface area (Å²) in [5, 5.41) is 1.05. The van der Waals surface area contributed by atoms with Crippen LogP contribution < -0.4 is 10.3 Å². The lowest BCUT2D eigenvalue weighted by atomic mass is 9.93. The lowest BCUT2D eigenvalue weighted by Crippen LogP contribution is -2.18. The van der Waals surface area contributed by atoms with E-state index in [0.717, 1.165) is 46.2 Å². The monoisotopic (exact) mass is 623 g/mol. The lowest BCUT2D eigenvalue weighted by molar-refractivity contribution is -0.0265. The van der Waals surface area contributed by atoms with Crippen LogP contribution >= 0.6 is 23.2 Å². The topological polar surface area (TPSA) is 92.0 Å². The highest BCUT2D eigenvalue weighted by molar-refractivity contribution is 6.36. The highest BCUT2D eigenvalue weighted by Gasteiger charge is 2.25. The number of carbonyl (C=O) groups is 1. The molecule has 0 N–H and O–H groups in total. The number of nitrogens with zero attached hydrogens (tertiary/aromatic N) is 3. The highest BCUT2D eigenvalue weighted by Crippen LogP contribution is 2.44. The lowest BCUT2D eigenvalue weighted by Gasteiger charge is -2.15. The van der Waals surface area contributed by atoms with Crippen molar-refractivity contribution >= 4 is 46.8 Å². The van der Waals surface area contributed by atoms with Crippen LogP contribution in [0.2, 0.25) is 10.0 Å². The molecule has 0 radical (unpaired) electrons. The van der Waals surface area contributed by atoms with Crippen molar-refractivity contribution in [2.24, 2.45) is 0 Å². The Kier molecular flexibility index (Phi) is 7.16. The van der Waals surface area contributed by atoms with Gasteiger partial charge in [-0.2, -0.15) is 0 Å². The Morgan fingerprint density at radius 2 is 1.73 bits per heavy atom. The van der Waals surface area contributed by atoms with Crippen LogP contribution in [0, 0.1) is 0 Å². The minimum atomic E-state index is -0.656. The van der Waals surface area contributed by atoms with Crippen molar-refractivity contribution in [1.82, 2.24) is 14.4 Å². The molecule has 3 aromatic heterocycles. The third-order valence-corrected chi connectivity index (χ3v) is 8.55. The summed E-state index contributed by atoms with van der Waals surface area (Å²) < 4.78 is 17.8. The summed E-state index contributed by atoms with van der Waals surface area (Å²) in [5.41, 5.74) is 8.15. The number of ether oxygens (including phenoxy) is 3. The number of benzene rings is 2. The third kappa shape index (κ3) is 4.72. The van der Waals surface area contributed by atoms with E-state index in [2.05, 4.69) is 22.1 Å². The van der Waals surface area contributed by atoms with Gasteiger partial charge in [0.15, 0.2) is 6.29 Å². The highest BCUT2D eigenvalue weighted by atomic mass is 35.5. The van der Waals surface area contributed by atoms with Gasteiger partial charge in [-0.3, -0.25) is 14.0 Å². The number of pyridine rings is 2. The Morgan fingerprint density at radius 1 is 0.977 bits per heavy atom. The SMILES string of the molecule is COc1nc(/C=C2\CCc3c2cccc3-c2cccc(-c3ccn4c(=O)c(C=O)cnc4c3)c2Cl)c(Cl)cc1C1OC=CO1. The van der Waals surface area contributed by atoms with E-state index in [9.17, 15) is 9.59 Å². The molecule has 7 rings (SSSR count). The maximum atomic E-state index is 12.5. The Balaban J connectivity index is 1.26. The van der Waals surface area contributed by atoms with Crippen molar-refractivity contribution in [3.05, 3.63) is 128 Å². The maximum Gasteiger partial charge on any atom is 0.271 e. The van der Waals surface area contributed by atoms with Crippen LogP contribution in [0.5, 0.6) is 5.88 Å². The number of aromatic nitrogens is 3. The zero-order valence-corrected chi connectivity index (χ0v) is 24.8. The molecule has 1 aliphatic heterocycles. The van der Waals surface area contributed by atoms with Gasteiger partial charge in [-0.05, 0) is 64.9 Å². The van der Waals surface area contributed by atoms with Gasteiger partial charge in [0.2, 0.25) is 5.88 Å². The zero-order chi connectivity index (χ0) is 30.4. The molecule has 2 aromatic carbocycles. The third-order valence-electron chi connectivity index (χ3n) is 7.84. The second kappa shape index (κ2) is 11.3. The molecule has 1 aliphatic carbocycles. The minimum absolute atomic E-state index is 0.00154. The molecule has 0 fully saturated rings. The fraction of sp³-hybridized carbons (Fsp3) is 0.118. The first-order valence-corrected chi connectivity index (χ1v) is 14.5. The number of halogens is 2. The van der Waals surface area contributed by atoms with Crippen molar-refractivity contribution in [1.29, 1.82) is 0 Å². The first-order valence-electron chi connectivity index (χ1n) is 13.8. The van der Waals surface area contributed by atoms with E-state index < -0.39 is 11.8 Å². The average molecular weight is 624 g/mol. The number of allylic oxidation sites excluding steroid dienone is 1. The molecular formula is C34H23Cl2N3O5. The molecule has 10 heteroatoms. The van der Waals surface area contributed by atoms with E-state index in [1.165, 1.54) is 28.7 Å². The predicted molar refractivity (Wildman–Crippen MR) is 169 cm³/mol. The molecule has 8 nitrogen and oxygen atoms in total. The molecule has 0 atom stereocenters. The summed E-state index contributed by atoms with van der Waals surface area (Å²) in [5.74, 6) is 0.378. The Bertz CT molecular complexity index is 2100. The van der Waals surface area contributed by atoms with Gasteiger partial charge in [0.1, 0.15) is 18.2 Å². The first-order chi connectivity index (χ1) is 21.5. The van der Waals surface area contributed by atoms with E-state index in [0.29, 0.717) is 39.1 Å². The van der Waals surface area contributed by atoms with Gasteiger partial charge in [0.25, 0.3) is 11.8 Å². The van der Waals surface area contributed by atoms with Crippen molar-refractivity contribution in [3.63, 3.8) is 0 Å². The number of hydrogen-bond donors (Lipinski definition) is 0. The number of hydrogen-bond acceptors (Lipinski definition) is 7. The Morgan fingerprint density at radius 3 is 2.50 bits per heavy atom. The van der Waals surface area contributed by atoms with Gasteiger partial charge < -0.3 is 14.2 Å². The van der Waals surface area contributed by atoms with E-state index in [1.54, 1.807) is 31.5 Å². The van der Waals surface area contributed by atoms with E-state index in [-0.39, 0.29) is 5.56 Å². The van der Waals surface area contributed by atoms with Gasteiger partial charge in [0, 0.05) is 23.5 Å². The average Bonchev–Trinajstić information content (AvgIpc) is 3.73. The minimum Gasteiger partial charge on any atom is -0.481 e. The normalized spacial score (nSPS) is 14.9. The molecule has 0 spiro atoms. The first kappa shape index (κ1) is 27.9. The molecule has 2 aliphatic rings. The van der Waals surface area contributed by atoms with Gasteiger partial charge in [-0.15, -0.1) is 0 Å². The zero-order valence-electron chi connectivity index (χ0n) is 23.3. The number of carbonyl (C=O) groups excluding carboxylic acids is 1. The summed E-state index contributed by atoms with van der Waals surface area (Å²) in [6.45, 7) is 0. The van der Waals surface area contributed by atoms with Gasteiger partial charge in [-0.25, -0.2) is 9.97 Å². The summed E-state index contributed by atoms with van der Waals surface area (Å²) >= 11 is 13.8. The van der Waals surface area contributed by atoms with Crippen LogP contribution in [0.3, 0.4) is 0 Å². The van der Waals surface area contributed by atoms with Crippen LogP contribution in [0.25, 0.3) is 39.6 Å². The molecule has 0 amide bonds. The predicted octanol–water partition coefficient (Wildman–Crippen LogP) is 7.55. The van der Waals surface area contributed by atoms with Gasteiger partial charge >= 0.3 is 0 Å². The number of aldehydes is 1.